The van der Waals surface area contributed by atoms with Crippen LogP contribution in [0.5, 0.6) is 0 Å². The van der Waals surface area contributed by atoms with Crippen LogP contribution in [0.3, 0.4) is 0 Å². The summed E-state index contributed by atoms with van der Waals surface area (Å²) in [6, 6.07) is 0.851. The molecule has 1 N–H and O–H groups in total. The molecule has 13 heteroatoms. The zero-order chi connectivity index (χ0) is 28.3. The van der Waals surface area contributed by atoms with Crippen molar-refractivity contribution in [2.24, 2.45) is 5.41 Å². The summed E-state index contributed by atoms with van der Waals surface area (Å²) < 4.78 is 127. The fourth-order valence-corrected chi connectivity index (χ4v) is 6.22. The quantitative estimate of drug-likeness (QED) is 0.328. The van der Waals surface area contributed by atoms with Crippen molar-refractivity contribution in [1.82, 2.24) is 14.3 Å². The van der Waals surface area contributed by atoms with Crippen LogP contribution in [-0.4, -0.2) is 29.4 Å². The lowest BCUT2D eigenvalue weighted by molar-refractivity contribution is -0.152. The van der Waals surface area contributed by atoms with Crippen LogP contribution in [0.2, 0.25) is 0 Å². The van der Waals surface area contributed by atoms with E-state index in [1.807, 2.05) is 0 Å². The monoisotopic (exact) mass is 565 g/mol. The van der Waals surface area contributed by atoms with E-state index in [1.54, 1.807) is 25.5 Å². The van der Waals surface area contributed by atoms with Crippen LogP contribution < -0.4 is 4.72 Å². The summed E-state index contributed by atoms with van der Waals surface area (Å²) in [6.07, 6.45) is -6.74. The average Bonchev–Trinajstić information content (AvgIpc) is 3.03. The molecule has 208 valence electrons. The third-order valence-electron chi connectivity index (χ3n) is 6.43. The number of halogens is 7. The topological polar surface area (TPSA) is 64.0 Å². The number of aromatic nitrogens is 2. The second-order valence-corrected chi connectivity index (χ2v) is 12.7. The van der Waals surface area contributed by atoms with Gasteiger partial charge in [0.05, 0.1) is 16.5 Å². The second-order valence-electron chi connectivity index (χ2n) is 10.7. The maximum Gasteiger partial charge on any atom is 0.418 e. The largest absolute Gasteiger partial charge is 0.418 e. The highest BCUT2D eigenvalue weighted by molar-refractivity contribution is 7.90. The molecule has 0 unspecified atom stereocenters. The predicted octanol–water partition coefficient (Wildman–Crippen LogP) is 6.98. The fourth-order valence-electron chi connectivity index (χ4n) is 4.49. The molecule has 0 bridgehead atoms. The molecule has 1 fully saturated rings. The highest BCUT2D eigenvalue weighted by Crippen LogP contribution is 2.43. The third kappa shape index (κ3) is 5.68. The third-order valence-corrected chi connectivity index (χ3v) is 8.34. The van der Waals surface area contributed by atoms with Gasteiger partial charge in [0.15, 0.2) is 0 Å². The van der Waals surface area contributed by atoms with Gasteiger partial charge in [-0.2, -0.15) is 31.1 Å². The van der Waals surface area contributed by atoms with Crippen LogP contribution in [0.25, 0.3) is 22.2 Å². The first-order chi connectivity index (χ1) is 17.4. The van der Waals surface area contributed by atoms with E-state index in [9.17, 15) is 34.8 Å². The maximum atomic E-state index is 15.4. The van der Waals surface area contributed by atoms with Crippen molar-refractivity contribution >= 4 is 20.9 Å². The normalized spacial score (nSPS) is 16.6. The number of nitrogens with one attached hydrogen (secondary N) is 1. The molecular weight excluding hydrogens is 539 g/mol. The van der Waals surface area contributed by atoms with Gasteiger partial charge in [-0.05, 0) is 42.5 Å². The molecule has 3 aromatic rings. The average molecular weight is 566 g/mol. The molecule has 0 aliphatic heterocycles. The number of pyridine rings is 1. The first-order valence-corrected chi connectivity index (χ1v) is 13.4. The van der Waals surface area contributed by atoms with Gasteiger partial charge in [-0.1, -0.05) is 27.2 Å². The molecule has 1 aliphatic carbocycles. The Kier molecular flexibility index (Phi) is 7.09. The lowest BCUT2D eigenvalue weighted by atomic mass is 9.96. The van der Waals surface area contributed by atoms with E-state index in [-0.39, 0.29) is 30.3 Å². The molecule has 5 nitrogen and oxygen atoms in total. The first kappa shape index (κ1) is 28.3. The molecule has 2 aromatic heterocycles. The SMILES string of the molecule is CC(C)(C)Cn1cc([C@H](NS(=O)(=O)C2CCC2)C(F)(F)F)c2cc(F)c(-c3ncccc3C(F)(F)F)cc21. The van der Waals surface area contributed by atoms with Gasteiger partial charge in [-0.3, -0.25) is 4.98 Å². The molecule has 0 spiro atoms. The van der Waals surface area contributed by atoms with Crippen molar-refractivity contribution in [3.8, 4) is 11.3 Å². The van der Waals surface area contributed by atoms with E-state index in [4.69, 9.17) is 0 Å². The Morgan fingerprint density at radius 2 is 1.76 bits per heavy atom. The minimum atomic E-state index is -5.07. The number of hydrogen-bond acceptors (Lipinski definition) is 3. The van der Waals surface area contributed by atoms with Gasteiger partial charge < -0.3 is 4.57 Å². The smallest absolute Gasteiger partial charge is 0.347 e. The summed E-state index contributed by atoms with van der Waals surface area (Å²) >= 11 is 0. The van der Waals surface area contributed by atoms with Gasteiger partial charge in [0.25, 0.3) is 0 Å². The molecule has 0 amide bonds. The van der Waals surface area contributed by atoms with Crippen LogP contribution >= 0.6 is 0 Å². The summed E-state index contributed by atoms with van der Waals surface area (Å²) in [5.41, 5.74) is -3.47. The van der Waals surface area contributed by atoms with Gasteiger partial charge in [0, 0.05) is 41.0 Å². The Balaban J connectivity index is 1.95. The number of nitrogens with zero attached hydrogens (tertiary/aromatic N) is 2. The number of alkyl halides is 6. The van der Waals surface area contributed by atoms with Gasteiger partial charge in [-0.25, -0.2) is 12.8 Å². The highest BCUT2D eigenvalue weighted by atomic mass is 32.2. The van der Waals surface area contributed by atoms with Crippen LogP contribution in [0.15, 0.2) is 36.7 Å². The van der Waals surface area contributed by atoms with E-state index in [0.717, 1.165) is 30.6 Å². The number of fused-ring (bicyclic) bond motifs is 1. The summed E-state index contributed by atoms with van der Waals surface area (Å²) in [7, 11) is -4.34. The van der Waals surface area contributed by atoms with Crippen LogP contribution in [0.4, 0.5) is 30.7 Å². The molecule has 38 heavy (non-hydrogen) atoms. The Bertz CT molecular complexity index is 1450. The summed E-state index contributed by atoms with van der Waals surface area (Å²) in [5, 5.41) is -1.22. The van der Waals surface area contributed by atoms with Crippen molar-refractivity contribution in [2.45, 2.75) is 70.2 Å². The maximum absolute atomic E-state index is 15.4. The number of benzene rings is 1. The molecule has 0 radical (unpaired) electrons. The summed E-state index contributed by atoms with van der Waals surface area (Å²) in [4.78, 5) is 3.71. The number of sulfonamides is 1. The highest BCUT2D eigenvalue weighted by Gasteiger charge is 2.47. The van der Waals surface area contributed by atoms with Gasteiger partial charge >= 0.3 is 12.4 Å². The van der Waals surface area contributed by atoms with Gasteiger partial charge in [0.1, 0.15) is 11.9 Å². The molecule has 1 aliphatic rings. The molecule has 1 aromatic carbocycles. The van der Waals surface area contributed by atoms with E-state index in [2.05, 4.69) is 4.98 Å². The van der Waals surface area contributed by atoms with Crippen LogP contribution in [0, 0.1) is 11.2 Å². The van der Waals surface area contributed by atoms with Crippen molar-refractivity contribution in [3.63, 3.8) is 0 Å². The molecule has 0 saturated heterocycles. The number of rotatable bonds is 6. The molecular formula is C25H26F7N3O2S. The van der Waals surface area contributed by atoms with Gasteiger partial charge in [-0.15, -0.1) is 0 Å². The predicted molar refractivity (Wildman–Crippen MR) is 128 cm³/mol. The standard InChI is InChI=1S/C25H26F7N3O2S/c1-23(2,3)13-35-12-17(22(25(30,31)32)34-38(36,37)14-6-4-7-14)15-10-19(26)16(11-20(15)35)21-18(24(27,28)29)8-5-9-33-21/h5,8-12,14,22,34H,4,6-7,13H2,1-3H3/t22-/m0/s1. The van der Waals surface area contributed by atoms with E-state index in [1.165, 1.54) is 4.57 Å². The van der Waals surface area contributed by atoms with E-state index < -0.39 is 67.3 Å². The van der Waals surface area contributed by atoms with Gasteiger partial charge in [0.2, 0.25) is 10.0 Å². The molecule has 1 saturated carbocycles. The van der Waals surface area contributed by atoms with Crippen molar-refractivity contribution in [2.75, 3.05) is 0 Å². The minimum Gasteiger partial charge on any atom is -0.347 e. The van der Waals surface area contributed by atoms with Crippen LogP contribution in [0.1, 0.15) is 57.2 Å². The molecule has 1 atom stereocenters. The molecule has 2 heterocycles. The summed E-state index contributed by atoms with van der Waals surface area (Å²) in [5.74, 6) is -1.22. The Morgan fingerprint density at radius 1 is 1.11 bits per heavy atom. The van der Waals surface area contributed by atoms with E-state index >= 15 is 4.39 Å². The van der Waals surface area contributed by atoms with Crippen molar-refractivity contribution in [3.05, 3.63) is 53.6 Å². The minimum absolute atomic E-state index is 0.0159. The zero-order valence-corrected chi connectivity index (χ0v) is 21.5. The number of hydrogen-bond donors (Lipinski definition) is 1. The second kappa shape index (κ2) is 9.51. The lowest BCUT2D eigenvalue weighted by Crippen LogP contribution is -2.44. The zero-order valence-electron chi connectivity index (χ0n) is 20.7. The first-order valence-electron chi connectivity index (χ1n) is 11.8. The van der Waals surface area contributed by atoms with Crippen LogP contribution in [-0.2, 0) is 22.7 Å². The fraction of sp³-hybridized carbons (Fsp3) is 0.480. The lowest BCUT2D eigenvalue weighted by Gasteiger charge is -2.29. The molecule has 4 rings (SSSR count). The Morgan fingerprint density at radius 3 is 2.29 bits per heavy atom. The summed E-state index contributed by atoms with van der Waals surface area (Å²) in [6.45, 7) is 5.50. The Hall–Kier alpha value is -2.67. The van der Waals surface area contributed by atoms with E-state index in [0.29, 0.717) is 12.5 Å². The van der Waals surface area contributed by atoms with Crippen molar-refractivity contribution in [1.29, 1.82) is 0 Å². The Labute approximate surface area is 215 Å². The van der Waals surface area contributed by atoms with Crippen molar-refractivity contribution < 1.29 is 39.2 Å².